The number of piperazine rings is 1. The van der Waals surface area contributed by atoms with Gasteiger partial charge in [-0.25, -0.2) is 4.98 Å². The number of aryl methyl sites for hydroxylation is 2. The van der Waals surface area contributed by atoms with E-state index < -0.39 is 0 Å². The first-order valence-corrected chi connectivity index (χ1v) is 11.4. The Kier molecular flexibility index (Phi) is 7.03. The summed E-state index contributed by atoms with van der Waals surface area (Å²) < 4.78 is 0. The number of benzene rings is 2. The Morgan fingerprint density at radius 2 is 1.70 bits per heavy atom. The van der Waals surface area contributed by atoms with Gasteiger partial charge in [0.1, 0.15) is 5.82 Å². The third kappa shape index (κ3) is 5.58. The number of nitrogens with one attached hydrogen (secondary N) is 1. The predicted molar refractivity (Wildman–Crippen MR) is 131 cm³/mol. The molecular formula is C27H30N4O2. The van der Waals surface area contributed by atoms with Gasteiger partial charge in [-0.3, -0.25) is 9.59 Å². The quantitative estimate of drug-likeness (QED) is 0.633. The maximum atomic E-state index is 12.9. The number of hydrogen-bond acceptors (Lipinski definition) is 4. The Hall–Kier alpha value is -3.67. The summed E-state index contributed by atoms with van der Waals surface area (Å²) in [7, 11) is 0. The molecule has 1 N–H and O–H groups in total. The molecule has 0 bridgehead atoms. The highest BCUT2D eigenvalue weighted by Gasteiger charge is 2.24. The van der Waals surface area contributed by atoms with Gasteiger partial charge in [0.25, 0.3) is 11.8 Å². The zero-order valence-electron chi connectivity index (χ0n) is 19.3. The van der Waals surface area contributed by atoms with Crippen LogP contribution in [0.5, 0.6) is 0 Å². The van der Waals surface area contributed by atoms with Gasteiger partial charge in [-0.1, -0.05) is 48.0 Å². The third-order valence-electron chi connectivity index (χ3n) is 6.06. The maximum Gasteiger partial charge on any atom is 0.254 e. The molecule has 33 heavy (non-hydrogen) atoms. The van der Waals surface area contributed by atoms with Crippen LogP contribution in [0.25, 0.3) is 0 Å². The second-order valence-electron chi connectivity index (χ2n) is 8.49. The molecule has 4 rings (SSSR count). The largest absolute Gasteiger partial charge is 0.353 e. The summed E-state index contributed by atoms with van der Waals surface area (Å²) >= 11 is 0. The Labute approximate surface area is 195 Å². The average Bonchev–Trinajstić information content (AvgIpc) is 2.84. The number of rotatable bonds is 6. The lowest BCUT2D eigenvalue weighted by molar-refractivity contribution is 0.0745. The van der Waals surface area contributed by atoms with Crippen molar-refractivity contribution in [1.82, 2.24) is 15.2 Å². The van der Waals surface area contributed by atoms with Crippen molar-refractivity contribution in [3.05, 3.63) is 94.7 Å². The van der Waals surface area contributed by atoms with Gasteiger partial charge in [0.15, 0.2) is 0 Å². The molecule has 3 aromatic rings. The van der Waals surface area contributed by atoms with E-state index in [0.29, 0.717) is 38.3 Å². The molecule has 0 aliphatic carbocycles. The Morgan fingerprint density at radius 3 is 2.36 bits per heavy atom. The van der Waals surface area contributed by atoms with E-state index in [0.717, 1.165) is 28.9 Å². The summed E-state index contributed by atoms with van der Waals surface area (Å²) in [6, 6.07) is 19.7. The smallest absolute Gasteiger partial charge is 0.254 e. The third-order valence-corrected chi connectivity index (χ3v) is 6.06. The minimum Gasteiger partial charge on any atom is -0.353 e. The van der Waals surface area contributed by atoms with Gasteiger partial charge in [0.2, 0.25) is 0 Å². The van der Waals surface area contributed by atoms with E-state index in [1.54, 1.807) is 6.20 Å². The molecule has 1 aromatic heterocycles. The molecule has 0 unspecified atom stereocenters. The molecule has 2 amide bonds. The van der Waals surface area contributed by atoms with Crippen LogP contribution in [0.4, 0.5) is 5.82 Å². The second-order valence-corrected chi connectivity index (χ2v) is 8.49. The lowest BCUT2D eigenvalue weighted by Gasteiger charge is -2.35. The highest BCUT2D eigenvalue weighted by atomic mass is 16.2. The number of carbonyl (C=O) groups is 2. The van der Waals surface area contributed by atoms with E-state index in [4.69, 9.17) is 0 Å². The maximum absolute atomic E-state index is 12.9. The Bertz CT molecular complexity index is 1100. The van der Waals surface area contributed by atoms with E-state index in [2.05, 4.69) is 27.3 Å². The number of amides is 2. The van der Waals surface area contributed by atoms with Crippen LogP contribution in [0.3, 0.4) is 0 Å². The zero-order chi connectivity index (χ0) is 23.2. The van der Waals surface area contributed by atoms with E-state index in [1.165, 1.54) is 5.56 Å². The number of nitrogens with zero attached hydrogens (tertiary/aromatic N) is 3. The number of hydrogen-bond donors (Lipinski definition) is 1. The molecule has 2 aromatic carbocycles. The first-order valence-electron chi connectivity index (χ1n) is 11.4. The van der Waals surface area contributed by atoms with Crippen LogP contribution in [0.15, 0.2) is 66.9 Å². The molecule has 0 radical (unpaired) electrons. The van der Waals surface area contributed by atoms with Crippen molar-refractivity contribution in [2.24, 2.45) is 0 Å². The van der Waals surface area contributed by atoms with Crippen LogP contribution in [0, 0.1) is 13.8 Å². The first kappa shape index (κ1) is 22.5. The van der Waals surface area contributed by atoms with Crippen LogP contribution in [-0.4, -0.2) is 54.4 Å². The van der Waals surface area contributed by atoms with Crippen molar-refractivity contribution in [2.45, 2.75) is 20.3 Å². The number of aromatic nitrogens is 1. The topological polar surface area (TPSA) is 65.5 Å². The molecule has 0 atom stereocenters. The molecule has 1 aliphatic rings. The van der Waals surface area contributed by atoms with Crippen molar-refractivity contribution >= 4 is 17.6 Å². The molecule has 170 valence electrons. The highest BCUT2D eigenvalue weighted by Crippen LogP contribution is 2.18. The van der Waals surface area contributed by atoms with E-state index in [-0.39, 0.29) is 11.8 Å². The SMILES string of the molecule is Cc1ccc(C(=O)N2CCN(c3ccc(C(=O)NCCc4ccccc4)cn3)CC2)c(C)c1. The van der Waals surface area contributed by atoms with Crippen molar-refractivity contribution in [3.63, 3.8) is 0 Å². The predicted octanol–water partition coefficient (Wildman–Crippen LogP) is 3.63. The van der Waals surface area contributed by atoms with Gasteiger partial charge >= 0.3 is 0 Å². The van der Waals surface area contributed by atoms with Crippen molar-refractivity contribution in [3.8, 4) is 0 Å². The van der Waals surface area contributed by atoms with Crippen LogP contribution in [0.1, 0.15) is 37.4 Å². The minimum atomic E-state index is -0.117. The van der Waals surface area contributed by atoms with E-state index in [1.807, 2.05) is 67.3 Å². The molecule has 0 saturated carbocycles. The number of carbonyl (C=O) groups excluding carboxylic acids is 2. The van der Waals surface area contributed by atoms with Crippen molar-refractivity contribution < 1.29 is 9.59 Å². The molecular weight excluding hydrogens is 412 g/mol. The lowest BCUT2D eigenvalue weighted by atomic mass is 10.0. The fourth-order valence-corrected chi connectivity index (χ4v) is 4.14. The highest BCUT2D eigenvalue weighted by molar-refractivity contribution is 5.96. The lowest BCUT2D eigenvalue weighted by Crippen LogP contribution is -2.49. The van der Waals surface area contributed by atoms with Crippen LogP contribution >= 0.6 is 0 Å². The second kappa shape index (κ2) is 10.3. The van der Waals surface area contributed by atoms with Gasteiger partial charge in [0.05, 0.1) is 5.56 Å². The van der Waals surface area contributed by atoms with Gasteiger partial charge in [0, 0.05) is 44.5 Å². The average molecular weight is 443 g/mol. The summed E-state index contributed by atoms with van der Waals surface area (Å²) in [6.45, 7) is 7.33. The van der Waals surface area contributed by atoms with Crippen LogP contribution in [0.2, 0.25) is 0 Å². The molecule has 1 fully saturated rings. The molecule has 2 heterocycles. The zero-order valence-corrected chi connectivity index (χ0v) is 19.3. The summed E-state index contributed by atoms with van der Waals surface area (Å²) in [6.07, 6.45) is 2.42. The monoisotopic (exact) mass is 442 g/mol. The van der Waals surface area contributed by atoms with Gasteiger partial charge in [-0.15, -0.1) is 0 Å². The van der Waals surface area contributed by atoms with Gasteiger partial charge < -0.3 is 15.1 Å². The molecule has 6 heteroatoms. The van der Waals surface area contributed by atoms with Crippen molar-refractivity contribution in [2.75, 3.05) is 37.6 Å². The minimum absolute atomic E-state index is 0.0858. The van der Waals surface area contributed by atoms with E-state index in [9.17, 15) is 9.59 Å². The number of pyridine rings is 1. The normalized spacial score (nSPS) is 13.6. The number of anilines is 1. The standard InChI is InChI=1S/C27H30N4O2/c1-20-8-10-24(21(2)18-20)27(33)31-16-14-30(15-17-31)25-11-9-23(19-29-25)26(32)28-13-12-22-6-4-3-5-7-22/h3-11,18-19H,12-17H2,1-2H3,(H,28,32). The fraction of sp³-hybridized carbons (Fsp3) is 0.296. The Balaban J connectivity index is 1.28. The summed E-state index contributed by atoms with van der Waals surface area (Å²) in [5.74, 6) is 0.797. The molecule has 6 nitrogen and oxygen atoms in total. The summed E-state index contributed by atoms with van der Waals surface area (Å²) in [5, 5.41) is 2.95. The fourth-order valence-electron chi connectivity index (χ4n) is 4.14. The summed E-state index contributed by atoms with van der Waals surface area (Å²) in [5.41, 5.74) is 4.70. The van der Waals surface area contributed by atoms with E-state index >= 15 is 0 Å². The molecule has 1 saturated heterocycles. The molecule has 0 spiro atoms. The Morgan fingerprint density at radius 1 is 0.939 bits per heavy atom. The van der Waals surface area contributed by atoms with Crippen molar-refractivity contribution in [1.29, 1.82) is 0 Å². The molecule has 1 aliphatic heterocycles. The summed E-state index contributed by atoms with van der Waals surface area (Å²) in [4.78, 5) is 33.9. The van der Waals surface area contributed by atoms with Crippen LogP contribution < -0.4 is 10.2 Å². The first-order chi connectivity index (χ1) is 16.0. The van der Waals surface area contributed by atoms with Gasteiger partial charge in [-0.2, -0.15) is 0 Å². The van der Waals surface area contributed by atoms with Crippen LogP contribution in [-0.2, 0) is 6.42 Å². The van der Waals surface area contributed by atoms with Gasteiger partial charge in [-0.05, 0) is 49.6 Å².